The second kappa shape index (κ2) is 7.37. The molecule has 2 nitrogen and oxygen atoms in total. The number of unbranched alkanes of at least 4 members (excludes halogenated alkanes) is 2. The molecule has 1 rings (SSSR count). The average molecular weight is 272 g/mol. The molecule has 100 valence electrons. The molecule has 0 radical (unpaired) electrons. The molecule has 18 heavy (non-hydrogen) atoms. The predicted octanol–water partition coefficient (Wildman–Crippen LogP) is 4.18. The molecule has 1 aromatic carbocycles. The Morgan fingerprint density at radius 3 is 2.83 bits per heavy atom. The molecule has 0 saturated carbocycles. The van der Waals surface area contributed by atoms with Crippen molar-refractivity contribution in [3.63, 3.8) is 0 Å². The van der Waals surface area contributed by atoms with E-state index in [4.69, 9.17) is 11.6 Å². The Bertz CT molecular complexity index is 409. The van der Waals surface area contributed by atoms with Crippen LogP contribution in [0.1, 0.15) is 49.9 Å². The van der Waals surface area contributed by atoms with Gasteiger partial charge in [0.2, 0.25) is 0 Å². The summed E-state index contributed by atoms with van der Waals surface area (Å²) in [5.74, 6) is -0.948. The first-order valence-corrected chi connectivity index (χ1v) is 6.68. The number of hydrogen-bond acceptors (Lipinski definition) is 1. The highest BCUT2D eigenvalue weighted by Gasteiger charge is 2.14. The highest BCUT2D eigenvalue weighted by molar-refractivity contribution is 6.31. The number of halogens is 2. The van der Waals surface area contributed by atoms with Crippen LogP contribution >= 0.6 is 11.6 Å². The van der Waals surface area contributed by atoms with Gasteiger partial charge in [-0.3, -0.25) is 4.79 Å². The lowest BCUT2D eigenvalue weighted by atomic mass is 10.1. The van der Waals surface area contributed by atoms with E-state index < -0.39 is 11.7 Å². The van der Waals surface area contributed by atoms with Gasteiger partial charge >= 0.3 is 0 Å². The van der Waals surface area contributed by atoms with Crippen molar-refractivity contribution >= 4 is 17.5 Å². The van der Waals surface area contributed by atoms with Crippen LogP contribution in [0, 0.1) is 5.82 Å². The summed E-state index contributed by atoms with van der Waals surface area (Å²) in [6, 6.07) is 4.03. The SMILES string of the molecule is CCCCCC(C)NC(=O)c1cc(Cl)ccc1F. The summed E-state index contributed by atoms with van der Waals surface area (Å²) in [5.41, 5.74) is 0.00448. The quantitative estimate of drug-likeness (QED) is 0.773. The molecular weight excluding hydrogens is 253 g/mol. The largest absolute Gasteiger partial charge is 0.349 e. The zero-order chi connectivity index (χ0) is 13.5. The number of carbonyl (C=O) groups excluding carboxylic acids is 1. The van der Waals surface area contributed by atoms with Gasteiger partial charge in [-0.15, -0.1) is 0 Å². The molecular formula is C14H19ClFNO. The molecule has 1 N–H and O–H groups in total. The van der Waals surface area contributed by atoms with Crippen LogP contribution in [-0.4, -0.2) is 11.9 Å². The van der Waals surface area contributed by atoms with Crippen LogP contribution < -0.4 is 5.32 Å². The van der Waals surface area contributed by atoms with Crippen LogP contribution in [0.3, 0.4) is 0 Å². The summed E-state index contributed by atoms with van der Waals surface area (Å²) in [5, 5.41) is 3.15. The van der Waals surface area contributed by atoms with Gasteiger partial charge in [0.15, 0.2) is 0 Å². The zero-order valence-electron chi connectivity index (χ0n) is 10.8. The minimum atomic E-state index is -0.544. The molecule has 0 aromatic heterocycles. The molecule has 4 heteroatoms. The van der Waals surface area contributed by atoms with E-state index >= 15 is 0 Å². The predicted molar refractivity (Wildman–Crippen MR) is 72.5 cm³/mol. The van der Waals surface area contributed by atoms with E-state index in [0.717, 1.165) is 25.7 Å². The Morgan fingerprint density at radius 1 is 1.44 bits per heavy atom. The third-order valence-corrected chi connectivity index (χ3v) is 3.03. The number of amides is 1. The van der Waals surface area contributed by atoms with E-state index in [1.807, 2.05) is 6.92 Å². The molecule has 0 spiro atoms. The van der Waals surface area contributed by atoms with Crippen molar-refractivity contribution in [1.82, 2.24) is 5.32 Å². The summed E-state index contributed by atoms with van der Waals surface area (Å²) in [4.78, 5) is 11.9. The fraction of sp³-hybridized carbons (Fsp3) is 0.500. The molecule has 0 aliphatic rings. The molecule has 1 amide bonds. The molecule has 0 bridgehead atoms. The third-order valence-electron chi connectivity index (χ3n) is 2.79. The highest BCUT2D eigenvalue weighted by Crippen LogP contribution is 2.15. The topological polar surface area (TPSA) is 29.1 Å². The second-order valence-corrected chi connectivity index (χ2v) is 4.93. The Kier molecular flexibility index (Phi) is 6.13. The van der Waals surface area contributed by atoms with Crippen molar-refractivity contribution in [2.45, 2.75) is 45.6 Å². The van der Waals surface area contributed by atoms with Crippen molar-refractivity contribution in [2.75, 3.05) is 0 Å². The van der Waals surface area contributed by atoms with Gasteiger partial charge in [0, 0.05) is 11.1 Å². The van der Waals surface area contributed by atoms with Crippen molar-refractivity contribution in [3.8, 4) is 0 Å². The van der Waals surface area contributed by atoms with Gasteiger partial charge in [0.1, 0.15) is 5.82 Å². The Morgan fingerprint density at radius 2 is 2.17 bits per heavy atom. The maximum Gasteiger partial charge on any atom is 0.254 e. The molecule has 0 aliphatic carbocycles. The molecule has 1 aromatic rings. The first-order chi connectivity index (χ1) is 8.54. The first kappa shape index (κ1) is 15.0. The zero-order valence-corrected chi connectivity index (χ0v) is 11.6. The summed E-state index contributed by atoms with van der Waals surface area (Å²) >= 11 is 5.75. The van der Waals surface area contributed by atoms with E-state index in [0.29, 0.717) is 5.02 Å². The first-order valence-electron chi connectivity index (χ1n) is 6.30. The number of hydrogen-bond donors (Lipinski definition) is 1. The maximum absolute atomic E-state index is 13.5. The fourth-order valence-electron chi connectivity index (χ4n) is 1.75. The van der Waals surface area contributed by atoms with Crippen molar-refractivity contribution < 1.29 is 9.18 Å². The van der Waals surface area contributed by atoms with E-state index in [9.17, 15) is 9.18 Å². The normalized spacial score (nSPS) is 12.2. The number of carbonyl (C=O) groups is 1. The van der Waals surface area contributed by atoms with Crippen LogP contribution in [0.25, 0.3) is 0 Å². The summed E-state index contributed by atoms with van der Waals surface area (Å²) in [7, 11) is 0. The summed E-state index contributed by atoms with van der Waals surface area (Å²) < 4.78 is 13.5. The van der Waals surface area contributed by atoms with Gasteiger partial charge in [-0.2, -0.15) is 0 Å². The molecule has 0 fully saturated rings. The maximum atomic E-state index is 13.5. The molecule has 0 heterocycles. The van der Waals surface area contributed by atoms with Crippen LogP contribution in [0.5, 0.6) is 0 Å². The standard InChI is InChI=1S/C14H19ClFNO/c1-3-4-5-6-10(2)17-14(18)12-9-11(15)7-8-13(12)16/h7-10H,3-6H2,1-2H3,(H,17,18). The van der Waals surface area contributed by atoms with Gasteiger partial charge < -0.3 is 5.32 Å². The minimum Gasteiger partial charge on any atom is -0.349 e. The van der Waals surface area contributed by atoms with E-state index in [1.165, 1.54) is 18.2 Å². The van der Waals surface area contributed by atoms with Gasteiger partial charge in [-0.25, -0.2) is 4.39 Å². The van der Waals surface area contributed by atoms with Crippen LogP contribution in [-0.2, 0) is 0 Å². The number of rotatable bonds is 6. The van der Waals surface area contributed by atoms with Crippen molar-refractivity contribution in [1.29, 1.82) is 0 Å². The fourth-order valence-corrected chi connectivity index (χ4v) is 1.92. The Labute approximate surface area is 113 Å². The van der Waals surface area contributed by atoms with E-state index in [2.05, 4.69) is 12.2 Å². The third kappa shape index (κ3) is 4.65. The Hall–Kier alpha value is -1.09. The summed E-state index contributed by atoms with van der Waals surface area (Å²) in [6.45, 7) is 4.06. The van der Waals surface area contributed by atoms with Gasteiger partial charge in [-0.1, -0.05) is 37.8 Å². The summed E-state index contributed by atoms with van der Waals surface area (Å²) in [6.07, 6.45) is 4.26. The molecule has 0 saturated heterocycles. The second-order valence-electron chi connectivity index (χ2n) is 4.49. The molecule has 0 aliphatic heterocycles. The minimum absolute atomic E-state index is 0.00448. The number of benzene rings is 1. The smallest absolute Gasteiger partial charge is 0.254 e. The van der Waals surface area contributed by atoms with Gasteiger partial charge in [0.25, 0.3) is 5.91 Å². The lowest BCUT2D eigenvalue weighted by Crippen LogP contribution is -2.33. The van der Waals surface area contributed by atoms with E-state index in [1.54, 1.807) is 0 Å². The lowest BCUT2D eigenvalue weighted by Gasteiger charge is -2.14. The lowest BCUT2D eigenvalue weighted by molar-refractivity contribution is 0.0934. The van der Waals surface area contributed by atoms with E-state index in [-0.39, 0.29) is 11.6 Å². The van der Waals surface area contributed by atoms with Crippen molar-refractivity contribution in [3.05, 3.63) is 34.6 Å². The highest BCUT2D eigenvalue weighted by atomic mass is 35.5. The number of nitrogens with one attached hydrogen (secondary N) is 1. The molecule has 1 unspecified atom stereocenters. The van der Waals surface area contributed by atoms with Crippen LogP contribution in [0.2, 0.25) is 5.02 Å². The Balaban J connectivity index is 2.56. The van der Waals surface area contributed by atoms with Crippen LogP contribution in [0.4, 0.5) is 4.39 Å². The van der Waals surface area contributed by atoms with Gasteiger partial charge in [0.05, 0.1) is 5.56 Å². The van der Waals surface area contributed by atoms with Crippen molar-refractivity contribution in [2.24, 2.45) is 0 Å². The average Bonchev–Trinajstić information content (AvgIpc) is 2.32. The molecule has 1 atom stereocenters. The van der Waals surface area contributed by atoms with Gasteiger partial charge in [-0.05, 0) is 31.5 Å². The monoisotopic (exact) mass is 271 g/mol. The van der Waals surface area contributed by atoms with Crippen LogP contribution in [0.15, 0.2) is 18.2 Å².